The average molecular weight is 525 g/mol. The number of pyridine rings is 1. The van der Waals surface area contributed by atoms with Gasteiger partial charge in [0, 0.05) is 49.4 Å². The van der Waals surface area contributed by atoms with Gasteiger partial charge in [-0.25, -0.2) is 19.3 Å². The van der Waals surface area contributed by atoms with Crippen molar-refractivity contribution in [2.75, 3.05) is 36.4 Å². The second-order valence-corrected chi connectivity index (χ2v) is 10.1. The van der Waals surface area contributed by atoms with E-state index in [9.17, 15) is 4.79 Å². The fourth-order valence-corrected chi connectivity index (χ4v) is 5.46. The minimum absolute atomic E-state index is 0.123. The van der Waals surface area contributed by atoms with Crippen LogP contribution in [0.4, 0.5) is 17.3 Å². The van der Waals surface area contributed by atoms with E-state index in [4.69, 9.17) is 21.1 Å². The molecular formula is C28H32N10O. The van der Waals surface area contributed by atoms with Gasteiger partial charge in [0.05, 0.1) is 6.54 Å². The van der Waals surface area contributed by atoms with Crippen LogP contribution in [0.3, 0.4) is 0 Å². The number of nitrogens with two attached hydrogens (primary N) is 1. The van der Waals surface area contributed by atoms with Crippen molar-refractivity contribution in [3.8, 4) is 5.82 Å². The number of benzene rings is 1. The van der Waals surface area contributed by atoms with Crippen LogP contribution in [0.25, 0.3) is 16.9 Å². The minimum atomic E-state index is -0.180. The average Bonchev–Trinajstić information content (AvgIpc) is 3.45. The van der Waals surface area contributed by atoms with E-state index in [0.29, 0.717) is 35.3 Å². The Morgan fingerprint density at radius 1 is 1.15 bits per heavy atom. The number of aryl methyl sites for hydroxylation is 1. The largest absolute Gasteiger partial charge is 0.370 e. The first-order valence-corrected chi connectivity index (χ1v) is 13.2. The number of aromatic nitrogens is 5. The summed E-state index contributed by atoms with van der Waals surface area (Å²) in [6, 6.07) is 12.1. The summed E-state index contributed by atoms with van der Waals surface area (Å²) < 4.78 is 3.38. The van der Waals surface area contributed by atoms with Gasteiger partial charge in [0.25, 0.3) is 5.56 Å². The molecule has 39 heavy (non-hydrogen) atoms. The van der Waals surface area contributed by atoms with Crippen LogP contribution >= 0.6 is 0 Å². The summed E-state index contributed by atoms with van der Waals surface area (Å²) in [6.45, 7) is 9.43. The number of fused-ring (bicyclic) bond motifs is 2. The smallest absolute Gasteiger partial charge is 0.278 e. The standard InChI is InChI=1S/C28H32N10O/c1-3-12-37-26(39)22-17-31-28(34-25(22)38(37)23-11-6-19-5-4-18(2)24(19)33-23)32-20-7-9-21(10-8-20)35-13-15-36(16-14-35)27(29)30/h3,6-11,17-18H,1,4-5,12-16H2,2H3,(H3,29,30)(H,31,32,34). The molecule has 0 bridgehead atoms. The van der Waals surface area contributed by atoms with Crippen molar-refractivity contribution in [1.82, 2.24) is 29.2 Å². The van der Waals surface area contributed by atoms with Crippen molar-refractivity contribution in [2.24, 2.45) is 5.73 Å². The zero-order chi connectivity index (χ0) is 27.1. The third-order valence-electron chi connectivity index (χ3n) is 7.61. The number of nitrogens with one attached hydrogen (secondary N) is 2. The molecule has 11 heteroatoms. The number of anilines is 3. The number of nitrogens with zero attached hydrogens (tertiary/aromatic N) is 7. The van der Waals surface area contributed by atoms with Gasteiger partial charge in [-0.2, -0.15) is 4.98 Å². The predicted octanol–water partition coefficient (Wildman–Crippen LogP) is 2.97. The summed E-state index contributed by atoms with van der Waals surface area (Å²) in [5.41, 5.74) is 10.2. The van der Waals surface area contributed by atoms with E-state index in [-0.39, 0.29) is 11.5 Å². The predicted molar refractivity (Wildman–Crippen MR) is 153 cm³/mol. The molecule has 4 N–H and O–H groups in total. The van der Waals surface area contributed by atoms with Gasteiger partial charge in [-0.3, -0.25) is 10.2 Å². The molecule has 1 atom stereocenters. The van der Waals surface area contributed by atoms with E-state index in [0.717, 1.165) is 56.1 Å². The molecule has 1 saturated heterocycles. The SMILES string of the molecule is C=CCn1c(=O)c2cnc(Nc3ccc(N4CCN(C(=N)N)CC4)cc3)nc2n1-c1ccc2c(n1)C(C)CC2. The lowest BCUT2D eigenvalue weighted by atomic mass is 10.1. The molecule has 0 amide bonds. The van der Waals surface area contributed by atoms with E-state index in [1.165, 1.54) is 5.56 Å². The zero-order valence-electron chi connectivity index (χ0n) is 22.0. The number of rotatable bonds is 6. The van der Waals surface area contributed by atoms with Crippen molar-refractivity contribution < 1.29 is 0 Å². The molecule has 1 unspecified atom stereocenters. The maximum Gasteiger partial charge on any atom is 0.278 e. The molecule has 200 valence electrons. The molecular weight excluding hydrogens is 492 g/mol. The Morgan fingerprint density at radius 3 is 2.64 bits per heavy atom. The van der Waals surface area contributed by atoms with Crippen LogP contribution in [-0.2, 0) is 13.0 Å². The van der Waals surface area contributed by atoms with Crippen LogP contribution < -0.4 is 21.5 Å². The molecule has 1 aliphatic heterocycles. The minimum Gasteiger partial charge on any atom is -0.370 e. The Balaban J connectivity index is 1.30. The van der Waals surface area contributed by atoms with Gasteiger partial charge in [0.2, 0.25) is 5.95 Å². The second kappa shape index (κ2) is 9.90. The molecule has 1 aliphatic carbocycles. The lowest BCUT2D eigenvalue weighted by Crippen LogP contribution is -2.50. The first-order valence-electron chi connectivity index (χ1n) is 13.2. The van der Waals surface area contributed by atoms with E-state index in [1.54, 1.807) is 21.6 Å². The van der Waals surface area contributed by atoms with E-state index < -0.39 is 0 Å². The Labute approximate surface area is 226 Å². The Morgan fingerprint density at radius 2 is 1.92 bits per heavy atom. The molecule has 2 aliphatic rings. The fraction of sp³-hybridized carbons (Fsp3) is 0.321. The Bertz CT molecular complexity index is 1610. The summed E-state index contributed by atoms with van der Waals surface area (Å²) in [6.07, 6.45) is 5.38. The Kier molecular flexibility index (Phi) is 6.26. The lowest BCUT2D eigenvalue weighted by molar-refractivity contribution is 0.380. The van der Waals surface area contributed by atoms with Gasteiger partial charge in [-0.1, -0.05) is 19.1 Å². The van der Waals surface area contributed by atoms with Gasteiger partial charge in [-0.15, -0.1) is 6.58 Å². The third-order valence-corrected chi connectivity index (χ3v) is 7.61. The highest BCUT2D eigenvalue weighted by Gasteiger charge is 2.23. The van der Waals surface area contributed by atoms with Crippen LogP contribution in [0.5, 0.6) is 0 Å². The lowest BCUT2D eigenvalue weighted by Gasteiger charge is -2.36. The summed E-state index contributed by atoms with van der Waals surface area (Å²) in [4.78, 5) is 31.6. The molecule has 0 saturated carbocycles. The summed E-state index contributed by atoms with van der Waals surface area (Å²) >= 11 is 0. The third kappa shape index (κ3) is 4.49. The zero-order valence-corrected chi connectivity index (χ0v) is 22.0. The monoisotopic (exact) mass is 524 g/mol. The quantitative estimate of drug-likeness (QED) is 0.199. The van der Waals surface area contributed by atoms with Crippen molar-refractivity contribution in [2.45, 2.75) is 32.2 Å². The highest BCUT2D eigenvalue weighted by molar-refractivity contribution is 5.77. The van der Waals surface area contributed by atoms with Crippen LogP contribution in [-0.4, -0.2) is 61.4 Å². The highest BCUT2D eigenvalue weighted by Crippen LogP contribution is 2.32. The fourth-order valence-electron chi connectivity index (χ4n) is 5.46. The van der Waals surface area contributed by atoms with E-state index in [1.807, 2.05) is 23.1 Å². The maximum atomic E-state index is 13.3. The topological polar surface area (TPSA) is 134 Å². The molecule has 1 aromatic carbocycles. The molecule has 11 nitrogen and oxygen atoms in total. The van der Waals surface area contributed by atoms with Gasteiger partial charge in [0.1, 0.15) is 5.39 Å². The summed E-state index contributed by atoms with van der Waals surface area (Å²) in [5, 5.41) is 11.3. The normalized spacial score (nSPS) is 16.9. The van der Waals surface area contributed by atoms with Crippen molar-refractivity contribution in [1.29, 1.82) is 5.41 Å². The molecule has 6 rings (SSSR count). The van der Waals surface area contributed by atoms with Crippen molar-refractivity contribution >= 4 is 34.3 Å². The van der Waals surface area contributed by atoms with Gasteiger partial charge in [-0.05, 0) is 54.7 Å². The highest BCUT2D eigenvalue weighted by atomic mass is 16.1. The molecule has 1 fully saturated rings. The van der Waals surface area contributed by atoms with Gasteiger partial charge < -0.3 is 20.9 Å². The number of hydrogen-bond acceptors (Lipinski definition) is 7. The van der Waals surface area contributed by atoms with Crippen molar-refractivity contribution in [3.05, 3.63) is 76.9 Å². The summed E-state index contributed by atoms with van der Waals surface area (Å²) in [7, 11) is 0. The van der Waals surface area contributed by atoms with E-state index >= 15 is 0 Å². The molecule has 0 spiro atoms. The first-order chi connectivity index (χ1) is 18.9. The number of allylic oxidation sites excluding steroid dienone is 1. The number of guanidine groups is 1. The molecule has 4 aromatic rings. The van der Waals surface area contributed by atoms with Gasteiger partial charge in [0.15, 0.2) is 17.4 Å². The van der Waals surface area contributed by atoms with Crippen LogP contribution in [0, 0.1) is 5.41 Å². The van der Waals surface area contributed by atoms with Gasteiger partial charge >= 0.3 is 0 Å². The molecule has 4 heterocycles. The van der Waals surface area contributed by atoms with Crippen LogP contribution in [0.2, 0.25) is 0 Å². The summed E-state index contributed by atoms with van der Waals surface area (Å²) in [5.74, 6) is 1.56. The van der Waals surface area contributed by atoms with Crippen LogP contribution in [0.15, 0.2) is 60.0 Å². The Hall–Kier alpha value is -4.67. The van der Waals surface area contributed by atoms with Crippen LogP contribution in [0.1, 0.15) is 30.5 Å². The number of hydrogen-bond donors (Lipinski definition) is 3. The van der Waals surface area contributed by atoms with E-state index in [2.05, 4.69) is 46.9 Å². The molecule has 0 radical (unpaired) electrons. The second-order valence-electron chi connectivity index (χ2n) is 10.1. The number of piperazine rings is 1. The molecule has 3 aromatic heterocycles. The maximum absolute atomic E-state index is 13.3. The van der Waals surface area contributed by atoms with Crippen molar-refractivity contribution in [3.63, 3.8) is 0 Å². The first kappa shape index (κ1) is 24.7.